The summed E-state index contributed by atoms with van der Waals surface area (Å²) in [6, 6.07) is 13.3. The monoisotopic (exact) mass is 357 g/mol. The second kappa shape index (κ2) is 6.74. The molecule has 6 nitrogen and oxygen atoms in total. The van der Waals surface area contributed by atoms with E-state index in [9.17, 15) is 0 Å². The fourth-order valence-electron chi connectivity index (χ4n) is 2.67. The maximum absolute atomic E-state index is 5.90. The van der Waals surface area contributed by atoms with Crippen LogP contribution in [0.5, 0.6) is 11.5 Å². The first-order chi connectivity index (χ1) is 12.2. The topological polar surface area (TPSA) is 60.6 Å². The van der Waals surface area contributed by atoms with E-state index in [2.05, 4.69) is 15.0 Å². The summed E-state index contributed by atoms with van der Waals surface area (Å²) >= 11 is 5.90. The first-order valence-corrected chi connectivity index (χ1v) is 8.21. The number of halogens is 1. The van der Waals surface area contributed by atoms with Crippen molar-refractivity contribution in [3.8, 4) is 22.9 Å². The number of hydrogen-bond acceptors (Lipinski definition) is 6. The van der Waals surface area contributed by atoms with Gasteiger partial charge in [0.05, 0.1) is 6.54 Å². The lowest BCUT2D eigenvalue weighted by molar-refractivity contribution is 0.174. The third kappa shape index (κ3) is 3.60. The quantitative estimate of drug-likeness (QED) is 0.693. The van der Waals surface area contributed by atoms with Crippen LogP contribution in [-0.2, 0) is 13.1 Å². The second-order valence-electron chi connectivity index (χ2n) is 5.88. The van der Waals surface area contributed by atoms with Crippen molar-refractivity contribution in [2.45, 2.75) is 13.1 Å². The van der Waals surface area contributed by atoms with Gasteiger partial charge in [-0.3, -0.25) is 4.90 Å². The molecule has 0 N–H and O–H groups in total. The number of ether oxygens (including phenoxy) is 2. The van der Waals surface area contributed by atoms with E-state index in [1.54, 1.807) is 12.1 Å². The van der Waals surface area contributed by atoms with Gasteiger partial charge in [-0.2, -0.15) is 4.98 Å². The average molecular weight is 358 g/mol. The maximum Gasteiger partial charge on any atom is 0.241 e. The lowest BCUT2D eigenvalue weighted by Gasteiger charge is -2.14. The molecule has 0 bridgehead atoms. The molecule has 0 spiro atoms. The van der Waals surface area contributed by atoms with Gasteiger partial charge in [-0.15, -0.1) is 0 Å². The molecule has 0 atom stereocenters. The molecule has 0 saturated heterocycles. The van der Waals surface area contributed by atoms with Crippen LogP contribution >= 0.6 is 11.6 Å². The van der Waals surface area contributed by atoms with Crippen molar-refractivity contribution < 1.29 is 14.0 Å². The molecule has 1 aliphatic rings. The van der Waals surface area contributed by atoms with E-state index in [1.165, 1.54) is 0 Å². The minimum absolute atomic E-state index is 0.282. The van der Waals surface area contributed by atoms with Gasteiger partial charge in [0.15, 0.2) is 11.5 Å². The summed E-state index contributed by atoms with van der Waals surface area (Å²) in [5.41, 5.74) is 2.00. The molecular formula is C18H16ClN3O3. The summed E-state index contributed by atoms with van der Waals surface area (Å²) in [6.45, 7) is 1.56. The third-order valence-corrected chi connectivity index (χ3v) is 4.12. The average Bonchev–Trinajstić information content (AvgIpc) is 3.24. The van der Waals surface area contributed by atoms with Crippen LogP contribution in [0.25, 0.3) is 11.4 Å². The first kappa shape index (κ1) is 15.9. The van der Waals surface area contributed by atoms with Gasteiger partial charge in [-0.1, -0.05) is 22.8 Å². The van der Waals surface area contributed by atoms with Gasteiger partial charge in [0.25, 0.3) is 0 Å². The zero-order chi connectivity index (χ0) is 17.2. The van der Waals surface area contributed by atoms with E-state index in [-0.39, 0.29) is 6.79 Å². The number of hydrogen-bond donors (Lipinski definition) is 0. The van der Waals surface area contributed by atoms with Gasteiger partial charge < -0.3 is 14.0 Å². The SMILES string of the molecule is CN(Cc1ccc2c(c1)OCO2)Cc1nc(-c2ccc(Cl)cc2)no1. The fourth-order valence-corrected chi connectivity index (χ4v) is 2.80. The van der Waals surface area contributed by atoms with Gasteiger partial charge in [0, 0.05) is 17.1 Å². The van der Waals surface area contributed by atoms with E-state index < -0.39 is 0 Å². The Morgan fingerprint density at radius 3 is 2.68 bits per heavy atom. The first-order valence-electron chi connectivity index (χ1n) is 7.83. The largest absolute Gasteiger partial charge is 0.454 e. The zero-order valence-corrected chi connectivity index (χ0v) is 14.4. The summed E-state index contributed by atoms with van der Waals surface area (Å²) < 4.78 is 16.1. The lowest BCUT2D eigenvalue weighted by atomic mass is 10.2. The van der Waals surface area contributed by atoms with Gasteiger partial charge in [-0.05, 0) is 49.0 Å². The van der Waals surface area contributed by atoms with E-state index in [1.807, 2.05) is 37.4 Å². The van der Waals surface area contributed by atoms with Crippen molar-refractivity contribution in [1.29, 1.82) is 0 Å². The lowest BCUT2D eigenvalue weighted by Crippen LogP contribution is -2.17. The van der Waals surface area contributed by atoms with Crippen LogP contribution in [0, 0.1) is 0 Å². The summed E-state index contributed by atoms with van der Waals surface area (Å²) in [7, 11) is 2.00. The highest BCUT2D eigenvalue weighted by molar-refractivity contribution is 6.30. The van der Waals surface area contributed by atoms with E-state index in [4.69, 9.17) is 25.6 Å². The molecule has 0 radical (unpaired) electrons. The highest BCUT2D eigenvalue weighted by Gasteiger charge is 2.15. The van der Waals surface area contributed by atoms with E-state index in [0.29, 0.717) is 23.3 Å². The van der Waals surface area contributed by atoms with Gasteiger partial charge in [0.2, 0.25) is 18.5 Å². The standard InChI is InChI=1S/C18H16ClN3O3/c1-22(9-12-2-7-15-16(8-12)24-11-23-15)10-17-20-18(21-25-17)13-3-5-14(19)6-4-13/h2-8H,9-11H2,1H3. The smallest absolute Gasteiger partial charge is 0.241 e. The highest BCUT2D eigenvalue weighted by atomic mass is 35.5. The molecule has 0 fully saturated rings. The predicted octanol–water partition coefficient (Wildman–Crippen LogP) is 3.75. The van der Waals surface area contributed by atoms with Crippen molar-refractivity contribution >= 4 is 11.6 Å². The Bertz CT molecular complexity index is 880. The summed E-state index contributed by atoms with van der Waals surface area (Å²) in [5, 5.41) is 4.71. The van der Waals surface area contributed by atoms with E-state index in [0.717, 1.165) is 29.2 Å². The number of benzene rings is 2. The number of aromatic nitrogens is 2. The van der Waals surface area contributed by atoms with Crippen LogP contribution in [0.2, 0.25) is 5.02 Å². The van der Waals surface area contributed by atoms with E-state index >= 15 is 0 Å². The van der Waals surface area contributed by atoms with Crippen molar-refractivity contribution in [3.05, 3.63) is 58.9 Å². The normalized spacial score (nSPS) is 12.8. The van der Waals surface area contributed by atoms with Crippen LogP contribution in [0.1, 0.15) is 11.5 Å². The van der Waals surface area contributed by atoms with Crippen LogP contribution in [-0.4, -0.2) is 28.9 Å². The van der Waals surface area contributed by atoms with Crippen molar-refractivity contribution in [1.82, 2.24) is 15.0 Å². The Hall–Kier alpha value is -2.57. The minimum Gasteiger partial charge on any atom is -0.454 e. The summed E-state index contributed by atoms with van der Waals surface area (Å²) in [5.74, 6) is 2.70. The van der Waals surface area contributed by atoms with Crippen LogP contribution < -0.4 is 9.47 Å². The third-order valence-electron chi connectivity index (χ3n) is 3.87. The molecule has 2 heterocycles. The summed E-state index contributed by atoms with van der Waals surface area (Å²) in [4.78, 5) is 6.54. The van der Waals surface area contributed by atoms with Crippen molar-refractivity contribution in [3.63, 3.8) is 0 Å². The number of nitrogens with zero attached hydrogens (tertiary/aromatic N) is 3. The summed E-state index contributed by atoms with van der Waals surface area (Å²) in [6.07, 6.45) is 0. The van der Waals surface area contributed by atoms with Crippen LogP contribution in [0.4, 0.5) is 0 Å². The molecular weight excluding hydrogens is 342 g/mol. The number of fused-ring (bicyclic) bond motifs is 1. The molecule has 0 amide bonds. The van der Waals surface area contributed by atoms with Gasteiger partial charge in [0.1, 0.15) is 0 Å². The minimum atomic E-state index is 0.282. The van der Waals surface area contributed by atoms with Gasteiger partial charge >= 0.3 is 0 Å². The Morgan fingerprint density at radius 2 is 1.84 bits per heavy atom. The Balaban J connectivity index is 1.41. The Morgan fingerprint density at radius 1 is 1.04 bits per heavy atom. The van der Waals surface area contributed by atoms with Gasteiger partial charge in [-0.25, -0.2) is 0 Å². The molecule has 3 aromatic rings. The fraction of sp³-hybridized carbons (Fsp3) is 0.222. The van der Waals surface area contributed by atoms with Crippen LogP contribution in [0.15, 0.2) is 47.0 Å². The maximum atomic E-state index is 5.90. The van der Waals surface area contributed by atoms with Crippen molar-refractivity contribution in [2.75, 3.05) is 13.8 Å². The molecule has 7 heteroatoms. The Kier molecular flexibility index (Phi) is 4.29. The molecule has 0 unspecified atom stereocenters. The molecule has 25 heavy (non-hydrogen) atoms. The molecule has 1 aliphatic heterocycles. The Labute approximate surface area is 149 Å². The molecule has 1 aromatic heterocycles. The number of rotatable bonds is 5. The predicted molar refractivity (Wildman–Crippen MR) is 92.5 cm³/mol. The highest BCUT2D eigenvalue weighted by Crippen LogP contribution is 2.32. The molecule has 128 valence electrons. The molecule has 0 aliphatic carbocycles. The zero-order valence-electron chi connectivity index (χ0n) is 13.6. The second-order valence-corrected chi connectivity index (χ2v) is 6.31. The molecule has 2 aromatic carbocycles. The molecule has 0 saturated carbocycles. The van der Waals surface area contributed by atoms with Crippen molar-refractivity contribution in [2.24, 2.45) is 0 Å². The molecule has 4 rings (SSSR count). The van der Waals surface area contributed by atoms with Crippen LogP contribution in [0.3, 0.4) is 0 Å².